The second-order valence-electron chi connectivity index (χ2n) is 3.20. The second-order valence-corrected chi connectivity index (χ2v) is 4.04. The number of imidazole rings is 1. The number of thiazole rings is 1. The van der Waals surface area contributed by atoms with E-state index in [1.165, 1.54) is 11.3 Å². The molecule has 2 N–H and O–H groups in total. The molecule has 0 saturated heterocycles. The number of nitrogens with one attached hydrogen (secondary N) is 2. The van der Waals surface area contributed by atoms with Crippen LogP contribution in [0, 0.1) is 0 Å². The Morgan fingerprint density at radius 2 is 2.27 bits per heavy atom. The summed E-state index contributed by atoms with van der Waals surface area (Å²) >= 11 is 1.17. The number of hydrogen-bond acceptors (Lipinski definition) is 3. The predicted molar refractivity (Wildman–Crippen MR) is 60.0 cm³/mol. The molecule has 0 aliphatic carbocycles. The number of aromatic amines is 2. The van der Waals surface area contributed by atoms with E-state index in [1.807, 2.05) is 23.6 Å². The number of H-pyrrole nitrogens is 2. The molecular formula is C10H7N3OS. The highest BCUT2D eigenvalue weighted by atomic mass is 32.1. The molecule has 0 spiro atoms. The Balaban J connectivity index is 2.22. The van der Waals surface area contributed by atoms with Crippen molar-refractivity contribution in [3.8, 4) is 11.3 Å². The highest BCUT2D eigenvalue weighted by Gasteiger charge is 2.02. The third-order valence-corrected chi connectivity index (χ3v) is 2.92. The van der Waals surface area contributed by atoms with Crippen molar-refractivity contribution >= 4 is 22.4 Å². The fraction of sp³-hybridized carbons (Fsp3) is 0. The van der Waals surface area contributed by atoms with E-state index in [9.17, 15) is 4.79 Å². The Bertz CT molecular complexity index is 664. The maximum atomic E-state index is 11.0. The van der Waals surface area contributed by atoms with Crippen molar-refractivity contribution in [3.05, 3.63) is 39.6 Å². The molecular weight excluding hydrogens is 210 g/mol. The van der Waals surface area contributed by atoms with Crippen LogP contribution in [0.1, 0.15) is 0 Å². The van der Waals surface area contributed by atoms with E-state index in [-0.39, 0.29) is 4.87 Å². The lowest BCUT2D eigenvalue weighted by atomic mass is 10.1. The van der Waals surface area contributed by atoms with Crippen molar-refractivity contribution in [2.75, 3.05) is 0 Å². The van der Waals surface area contributed by atoms with Crippen LogP contribution in [-0.2, 0) is 0 Å². The molecule has 15 heavy (non-hydrogen) atoms. The lowest BCUT2D eigenvalue weighted by molar-refractivity contribution is 1.34. The molecule has 0 aliphatic rings. The van der Waals surface area contributed by atoms with Gasteiger partial charge in [0.15, 0.2) is 0 Å². The summed E-state index contributed by atoms with van der Waals surface area (Å²) in [4.78, 5) is 20.9. The molecule has 0 fully saturated rings. The minimum Gasteiger partial charge on any atom is -0.345 e. The van der Waals surface area contributed by atoms with Crippen LogP contribution in [0.15, 0.2) is 34.7 Å². The molecule has 74 valence electrons. The van der Waals surface area contributed by atoms with E-state index in [4.69, 9.17) is 0 Å². The van der Waals surface area contributed by atoms with Gasteiger partial charge in [-0.25, -0.2) is 4.98 Å². The molecule has 1 aromatic carbocycles. The molecule has 3 aromatic rings. The van der Waals surface area contributed by atoms with Gasteiger partial charge in [-0.2, -0.15) is 0 Å². The largest absolute Gasteiger partial charge is 0.345 e. The molecule has 5 heteroatoms. The van der Waals surface area contributed by atoms with E-state index in [0.29, 0.717) is 0 Å². The number of aromatic nitrogens is 3. The van der Waals surface area contributed by atoms with Crippen molar-refractivity contribution in [1.82, 2.24) is 15.0 Å². The summed E-state index contributed by atoms with van der Waals surface area (Å²) in [6, 6.07) is 5.85. The SMILES string of the molecule is O=c1[nH]c(-c2ccc3nc[nH]c3c2)cs1. The summed E-state index contributed by atoms with van der Waals surface area (Å²) in [5.74, 6) is 0. The minimum atomic E-state index is -0.0327. The number of rotatable bonds is 1. The van der Waals surface area contributed by atoms with Crippen LogP contribution >= 0.6 is 11.3 Å². The van der Waals surface area contributed by atoms with Gasteiger partial charge in [0, 0.05) is 10.9 Å². The Morgan fingerprint density at radius 3 is 3.07 bits per heavy atom. The summed E-state index contributed by atoms with van der Waals surface area (Å²) in [6.45, 7) is 0. The molecule has 3 rings (SSSR count). The molecule has 2 heterocycles. The molecule has 0 saturated carbocycles. The van der Waals surface area contributed by atoms with Gasteiger partial charge in [0.1, 0.15) is 0 Å². The Kier molecular flexibility index (Phi) is 1.72. The average Bonchev–Trinajstić information content (AvgIpc) is 2.84. The van der Waals surface area contributed by atoms with Gasteiger partial charge in [0.25, 0.3) is 0 Å². The summed E-state index contributed by atoms with van der Waals surface area (Å²) in [5, 5.41) is 1.82. The number of fused-ring (bicyclic) bond motifs is 1. The molecule has 2 aromatic heterocycles. The fourth-order valence-corrected chi connectivity index (χ4v) is 2.11. The average molecular weight is 217 g/mol. The first-order valence-electron chi connectivity index (χ1n) is 4.44. The lowest BCUT2D eigenvalue weighted by Crippen LogP contribution is -1.92. The molecule has 0 bridgehead atoms. The first kappa shape index (κ1) is 8.43. The first-order chi connectivity index (χ1) is 7.33. The third-order valence-electron chi connectivity index (χ3n) is 2.25. The topological polar surface area (TPSA) is 61.5 Å². The number of hydrogen-bond donors (Lipinski definition) is 2. The zero-order valence-corrected chi connectivity index (χ0v) is 8.47. The highest BCUT2D eigenvalue weighted by molar-refractivity contribution is 7.07. The van der Waals surface area contributed by atoms with Crippen LogP contribution in [0.25, 0.3) is 22.3 Å². The van der Waals surface area contributed by atoms with Gasteiger partial charge in [0.05, 0.1) is 23.1 Å². The second kappa shape index (κ2) is 3.06. The monoisotopic (exact) mass is 217 g/mol. The van der Waals surface area contributed by atoms with E-state index in [0.717, 1.165) is 22.3 Å². The van der Waals surface area contributed by atoms with E-state index in [2.05, 4.69) is 15.0 Å². The van der Waals surface area contributed by atoms with E-state index in [1.54, 1.807) is 6.33 Å². The van der Waals surface area contributed by atoms with Crippen LogP contribution in [0.2, 0.25) is 0 Å². The maximum absolute atomic E-state index is 11.0. The van der Waals surface area contributed by atoms with Crippen LogP contribution in [0.5, 0.6) is 0 Å². The van der Waals surface area contributed by atoms with Gasteiger partial charge in [-0.3, -0.25) is 4.79 Å². The standard InChI is InChI=1S/C10H7N3OS/c14-10-13-9(4-15-10)6-1-2-7-8(3-6)12-5-11-7/h1-5H,(H,11,12)(H,13,14). The van der Waals surface area contributed by atoms with Gasteiger partial charge in [-0.05, 0) is 12.1 Å². The van der Waals surface area contributed by atoms with Gasteiger partial charge in [-0.15, -0.1) is 0 Å². The van der Waals surface area contributed by atoms with Crippen molar-refractivity contribution in [2.45, 2.75) is 0 Å². The van der Waals surface area contributed by atoms with Crippen molar-refractivity contribution in [2.24, 2.45) is 0 Å². The molecule has 0 unspecified atom stereocenters. The van der Waals surface area contributed by atoms with E-state index < -0.39 is 0 Å². The molecule has 4 nitrogen and oxygen atoms in total. The third kappa shape index (κ3) is 1.37. The predicted octanol–water partition coefficient (Wildman–Crippen LogP) is 1.98. The van der Waals surface area contributed by atoms with Gasteiger partial charge < -0.3 is 9.97 Å². The maximum Gasteiger partial charge on any atom is 0.304 e. The van der Waals surface area contributed by atoms with Crippen molar-refractivity contribution < 1.29 is 0 Å². The van der Waals surface area contributed by atoms with Crippen LogP contribution < -0.4 is 4.87 Å². The van der Waals surface area contributed by atoms with Gasteiger partial charge in [0.2, 0.25) is 0 Å². The normalized spacial score (nSPS) is 10.9. The zero-order chi connectivity index (χ0) is 10.3. The molecule has 0 aliphatic heterocycles. The molecule has 0 radical (unpaired) electrons. The Labute approximate surface area is 88.6 Å². The number of benzene rings is 1. The zero-order valence-electron chi connectivity index (χ0n) is 7.65. The Morgan fingerprint density at radius 1 is 1.33 bits per heavy atom. The quantitative estimate of drug-likeness (QED) is 0.654. The van der Waals surface area contributed by atoms with Gasteiger partial charge >= 0.3 is 4.87 Å². The minimum absolute atomic E-state index is 0.0327. The van der Waals surface area contributed by atoms with Gasteiger partial charge in [-0.1, -0.05) is 17.4 Å². The first-order valence-corrected chi connectivity index (χ1v) is 5.32. The summed E-state index contributed by atoms with van der Waals surface area (Å²) < 4.78 is 0. The van der Waals surface area contributed by atoms with Crippen molar-refractivity contribution in [3.63, 3.8) is 0 Å². The molecule has 0 atom stereocenters. The van der Waals surface area contributed by atoms with E-state index >= 15 is 0 Å². The Hall–Kier alpha value is -1.88. The van der Waals surface area contributed by atoms with Crippen LogP contribution in [-0.4, -0.2) is 15.0 Å². The number of nitrogens with zero attached hydrogens (tertiary/aromatic N) is 1. The fourth-order valence-electron chi connectivity index (χ4n) is 1.52. The summed E-state index contributed by atoms with van der Waals surface area (Å²) in [5.41, 5.74) is 3.74. The molecule has 0 amide bonds. The van der Waals surface area contributed by atoms with Crippen LogP contribution in [0.4, 0.5) is 0 Å². The smallest absolute Gasteiger partial charge is 0.304 e. The highest BCUT2D eigenvalue weighted by Crippen LogP contribution is 2.20. The lowest BCUT2D eigenvalue weighted by Gasteiger charge is -1.96. The summed E-state index contributed by atoms with van der Waals surface area (Å²) in [7, 11) is 0. The van der Waals surface area contributed by atoms with Crippen molar-refractivity contribution in [1.29, 1.82) is 0 Å². The summed E-state index contributed by atoms with van der Waals surface area (Å²) in [6.07, 6.45) is 1.66. The van der Waals surface area contributed by atoms with Crippen LogP contribution in [0.3, 0.4) is 0 Å².